The number of benzene rings is 2. The van der Waals surface area contributed by atoms with Crippen LogP contribution in [0.4, 0.5) is 5.69 Å². The highest BCUT2D eigenvalue weighted by Crippen LogP contribution is 2.50. The standard InChI is InChI=1S/C19H20BNO6S/c1-27-16-5-2-3-6-17(16)28(25,26)21-12-9-14-13(15(10-12)20(23)24)11-18(22)19(14)7-4-8-19/h2-3,5-6,9-10,21,23-24H,4,7-8,11H2,1H3. The molecule has 1 spiro atoms. The quantitative estimate of drug-likeness (QED) is 0.637. The van der Waals surface area contributed by atoms with Crippen LogP contribution in [0.2, 0.25) is 0 Å². The summed E-state index contributed by atoms with van der Waals surface area (Å²) in [6, 6.07) is 9.25. The first-order valence-electron chi connectivity index (χ1n) is 9.01. The number of para-hydroxylation sites is 1. The monoisotopic (exact) mass is 401 g/mol. The fourth-order valence-electron chi connectivity index (χ4n) is 4.22. The molecular formula is C19H20BNO6S. The zero-order valence-corrected chi connectivity index (χ0v) is 16.1. The number of nitrogens with one attached hydrogen (secondary N) is 1. The lowest BCUT2D eigenvalue weighted by Gasteiger charge is -2.38. The number of fused-ring (bicyclic) bond motifs is 2. The molecule has 0 amide bonds. The van der Waals surface area contributed by atoms with Crippen LogP contribution in [0.3, 0.4) is 0 Å². The van der Waals surface area contributed by atoms with Crippen LogP contribution < -0.4 is 14.9 Å². The summed E-state index contributed by atoms with van der Waals surface area (Å²) < 4.78 is 33.4. The lowest BCUT2D eigenvalue weighted by molar-refractivity contribution is -0.125. The molecule has 2 aliphatic rings. The summed E-state index contributed by atoms with van der Waals surface area (Å²) in [5.41, 5.74) is 1.03. The maximum Gasteiger partial charge on any atom is 0.488 e. The third-order valence-electron chi connectivity index (χ3n) is 5.77. The summed E-state index contributed by atoms with van der Waals surface area (Å²) in [5, 5.41) is 19.6. The molecule has 0 aromatic heterocycles. The van der Waals surface area contributed by atoms with E-state index in [2.05, 4.69) is 4.72 Å². The lowest BCUT2D eigenvalue weighted by Crippen LogP contribution is -2.39. The maximum absolute atomic E-state index is 12.9. The third kappa shape index (κ3) is 2.81. The van der Waals surface area contributed by atoms with Gasteiger partial charge in [0.2, 0.25) is 0 Å². The lowest BCUT2D eigenvalue weighted by atomic mass is 9.64. The summed E-state index contributed by atoms with van der Waals surface area (Å²) in [6.45, 7) is 0. The molecule has 0 aliphatic heterocycles. The van der Waals surface area contributed by atoms with Gasteiger partial charge in [-0.2, -0.15) is 0 Å². The molecule has 146 valence electrons. The number of Topliss-reactive ketones (excluding diaryl/α,β-unsaturated/α-hetero) is 1. The van der Waals surface area contributed by atoms with Crippen molar-refractivity contribution < 1.29 is 28.0 Å². The van der Waals surface area contributed by atoms with Crippen molar-refractivity contribution in [2.24, 2.45) is 0 Å². The molecule has 9 heteroatoms. The number of ether oxygens (including phenoxy) is 1. The normalized spacial score (nSPS) is 17.2. The number of hydrogen-bond acceptors (Lipinski definition) is 6. The molecule has 0 saturated heterocycles. The Balaban J connectivity index is 1.80. The van der Waals surface area contributed by atoms with Crippen LogP contribution in [-0.2, 0) is 26.7 Å². The highest BCUT2D eigenvalue weighted by molar-refractivity contribution is 7.92. The van der Waals surface area contributed by atoms with Crippen LogP contribution in [0.15, 0.2) is 41.3 Å². The van der Waals surface area contributed by atoms with Gasteiger partial charge in [-0.15, -0.1) is 0 Å². The smallest absolute Gasteiger partial charge is 0.488 e. The van der Waals surface area contributed by atoms with Gasteiger partial charge in [0.05, 0.1) is 12.5 Å². The molecule has 2 aromatic rings. The number of sulfonamides is 1. The average Bonchev–Trinajstić information content (AvgIpc) is 2.92. The summed E-state index contributed by atoms with van der Waals surface area (Å²) in [4.78, 5) is 12.6. The van der Waals surface area contributed by atoms with E-state index in [1.807, 2.05) is 0 Å². The van der Waals surface area contributed by atoms with Crippen LogP contribution in [0.1, 0.15) is 30.4 Å². The van der Waals surface area contributed by atoms with Gasteiger partial charge in [0.25, 0.3) is 10.0 Å². The predicted molar refractivity (Wildman–Crippen MR) is 104 cm³/mol. The van der Waals surface area contributed by atoms with Crippen molar-refractivity contribution in [3.63, 3.8) is 0 Å². The Morgan fingerprint density at radius 3 is 2.50 bits per heavy atom. The van der Waals surface area contributed by atoms with Gasteiger partial charge in [0.15, 0.2) is 0 Å². The Hall–Kier alpha value is -2.36. The fourth-order valence-corrected chi connectivity index (χ4v) is 5.43. The van der Waals surface area contributed by atoms with Crippen molar-refractivity contribution >= 4 is 34.1 Å². The number of hydrogen-bond donors (Lipinski definition) is 3. The fraction of sp³-hybridized carbons (Fsp3) is 0.316. The number of methoxy groups -OCH3 is 1. The molecule has 2 aromatic carbocycles. The van der Waals surface area contributed by atoms with Crippen LogP contribution in [-0.4, -0.2) is 38.5 Å². The molecule has 0 heterocycles. The number of rotatable bonds is 5. The predicted octanol–water partition coefficient (Wildman–Crippen LogP) is 0.723. The van der Waals surface area contributed by atoms with E-state index in [-0.39, 0.29) is 34.0 Å². The SMILES string of the molecule is COc1ccccc1S(=O)(=O)Nc1cc(B(O)O)c2c(c1)C1(CCC1)C(=O)C2. The molecule has 1 fully saturated rings. The molecule has 28 heavy (non-hydrogen) atoms. The van der Waals surface area contributed by atoms with Crippen LogP contribution in [0.25, 0.3) is 0 Å². The van der Waals surface area contributed by atoms with Gasteiger partial charge in [-0.1, -0.05) is 18.6 Å². The number of carbonyl (C=O) groups excluding carboxylic acids is 1. The molecule has 0 atom stereocenters. The zero-order valence-electron chi connectivity index (χ0n) is 15.3. The van der Waals surface area contributed by atoms with Crippen molar-refractivity contribution in [3.05, 3.63) is 47.5 Å². The van der Waals surface area contributed by atoms with Gasteiger partial charge in [-0.05, 0) is 53.7 Å². The average molecular weight is 401 g/mol. The van der Waals surface area contributed by atoms with E-state index in [1.54, 1.807) is 24.3 Å². The number of ketones is 1. The minimum absolute atomic E-state index is 0.0291. The molecule has 2 aliphatic carbocycles. The van der Waals surface area contributed by atoms with Gasteiger partial charge < -0.3 is 14.8 Å². The Bertz CT molecular complexity index is 1060. The summed E-state index contributed by atoms with van der Waals surface area (Å²) in [7, 11) is -4.39. The van der Waals surface area contributed by atoms with Crippen LogP contribution in [0, 0.1) is 0 Å². The Morgan fingerprint density at radius 1 is 1.18 bits per heavy atom. The Morgan fingerprint density at radius 2 is 1.89 bits per heavy atom. The van der Waals surface area contributed by atoms with Crippen LogP contribution in [0.5, 0.6) is 5.75 Å². The van der Waals surface area contributed by atoms with E-state index in [4.69, 9.17) is 4.74 Å². The van der Waals surface area contributed by atoms with Crippen LogP contribution >= 0.6 is 0 Å². The van der Waals surface area contributed by atoms with Crippen molar-refractivity contribution in [3.8, 4) is 5.75 Å². The number of anilines is 1. The molecule has 0 radical (unpaired) electrons. The van der Waals surface area contributed by atoms with Gasteiger partial charge in [0, 0.05) is 12.1 Å². The van der Waals surface area contributed by atoms with Gasteiger partial charge in [-0.3, -0.25) is 9.52 Å². The zero-order chi connectivity index (χ0) is 20.1. The molecule has 7 nitrogen and oxygen atoms in total. The van der Waals surface area contributed by atoms with E-state index in [9.17, 15) is 23.3 Å². The topological polar surface area (TPSA) is 113 Å². The van der Waals surface area contributed by atoms with Crippen molar-refractivity contribution in [2.75, 3.05) is 11.8 Å². The van der Waals surface area contributed by atoms with Gasteiger partial charge >= 0.3 is 7.12 Å². The van der Waals surface area contributed by atoms with Crippen molar-refractivity contribution in [1.29, 1.82) is 0 Å². The Labute approximate surface area is 163 Å². The molecular weight excluding hydrogens is 381 g/mol. The van der Waals surface area contributed by atoms with E-state index in [0.717, 1.165) is 6.42 Å². The second-order valence-corrected chi connectivity index (χ2v) is 8.91. The molecule has 3 N–H and O–H groups in total. The highest BCUT2D eigenvalue weighted by Gasteiger charge is 2.51. The second kappa shape index (κ2) is 6.61. The first-order valence-corrected chi connectivity index (χ1v) is 10.5. The minimum Gasteiger partial charge on any atom is -0.495 e. The van der Waals surface area contributed by atoms with Crippen molar-refractivity contribution in [2.45, 2.75) is 36.0 Å². The Kier molecular flexibility index (Phi) is 4.48. The van der Waals surface area contributed by atoms with Crippen molar-refractivity contribution in [1.82, 2.24) is 0 Å². The molecule has 1 saturated carbocycles. The summed E-state index contributed by atoms with van der Waals surface area (Å²) >= 11 is 0. The first-order chi connectivity index (χ1) is 13.3. The highest BCUT2D eigenvalue weighted by atomic mass is 32.2. The first kappa shape index (κ1) is 19.0. The molecule has 0 bridgehead atoms. The molecule has 4 rings (SSSR count). The maximum atomic E-state index is 12.9. The largest absolute Gasteiger partial charge is 0.495 e. The van der Waals surface area contributed by atoms with E-state index >= 15 is 0 Å². The summed E-state index contributed by atoms with van der Waals surface area (Å²) in [6.07, 6.45) is 2.45. The summed E-state index contributed by atoms with van der Waals surface area (Å²) in [5.74, 6) is 0.254. The second-order valence-electron chi connectivity index (χ2n) is 7.26. The van der Waals surface area contributed by atoms with E-state index in [0.29, 0.717) is 24.0 Å². The molecule has 0 unspecified atom stereocenters. The third-order valence-corrected chi connectivity index (χ3v) is 7.19. The number of carbonyl (C=O) groups is 1. The van der Waals surface area contributed by atoms with E-state index in [1.165, 1.54) is 19.2 Å². The van der Waals surface area contributed by atoms with E-state index < -0.39 is 22.6 Å². The van der Waals surface area contributed by atoms with Gasteiger partial charge in [0.1, 0.15) is 16.4 Å². The minimum atomic E-state index is -3.98. The van der Waals surface area contributed by atoms with Gasteiger partial charge in [-0.25, -0.2) is 8.42 Å².